The molecule has 2 fully saturated rings. The third-order valence-electron chi connectivity index (χ3n) is 4.11. The summed E-state index contributed by atoms with van der Waals surface area (Å²) in [5.74, 6) is -2.33. The zero-order chi connectivity index (χ0) is 10.2. The van der Waals surface area contributed by atoms with E-state index in [1.54, 1.807) is 6.92 Å². The molecule has 0 aromatic rings. The third kappa shape index (κ3) is 1.46. The molecule has 0 spiro atoms. The van der Waals surface area contributed by atoms with Crippen LogP contribution in [-0.4, -0.2) is 18.0 Å². The van der Waals surface area contributed by atoms with Gasteiger partial charge < -0.3 is 5.32 Å². The summed E-state index contributed by atoms with van der Waals surface area (Å²) < 4.78 is 27.4. The van der Waals surface area contributed by atoms with Crippen LogP contribution in [0.4, 0.5) is 8.78 Å². The van der Waals surface area contributed by atoms with Crippen LogP contribution in [0.3, 0.4) is 0 Å². The molecule has 1 nitrogen and oxygen atoms in total. The number of alkyl halides is 2. The summed E-state index contributed by atoms with van der Waals surface area (Å²) in [6, 6.07) is 0. The molecule has 0 aromatic heterocycles. The third-order valence-corrected chi connectivity index (χ3v) is 4.11. The van der Waals surface area contributed by atoms with E-state index in [2.05, 4.69) is 5.32 Å². The van der Waals surface area contributed by atoms with E-state index in [1.807, 2.05) is 0 Å². The van der Waals surface area contributed by atoms with E-state index >= 15 is 0 Å². The molecule has 1 heterocycles. The monoisotopic (exact) mass is 203 g/mol. The topological polar surface area (TPSA) is 12.0 Å². The first kappa shape index (κ1) is 10.3. The van der Waals surface area contributed by atoms with Crippen LogP contribution in [0.15, 0.2) is 0 Å². The first-order valence-electron chi connectivity index (χ1n) is 5.69. The lowest BCUT2D eigenvalue weighted by Gasteiger charge is -2.40. The summed E-state index contributed by atoms with van der Waals surface area (Å²) in [5.41, 5.74) is -0.923. The van der Waals surface area contributed by atoms with Crippen LogP contribution in [0, 0.1) is 5.92 Å². The van der Waals surface area contributed by atoms with Crippen LogP contribution < -0.4 is 5.32 Å². The highest BCUT2D eigenvalue weighted by molar-refractivity contribution is 5.06. The van der Waals surface area contributed by atoms with Crippen LogP contribution >= 0.6 is 0 Å². The van der Waals surface area contributed by atoms with Crippen molar-refractivity contribution in [2.24, 2.45) is 5.92 Å². The molecule has 0 amide bonds. The average Bonchev–Trinajstić information content (AvgIpc) is 2.44. The summed E-state index contributed by atoms with van der Waals surface area (Å²) >= 11 is 0. The number of rotatable bonds is 1. The van der Waals surface area contributed by atoms with Crippen molar-refractivity contribution >= 4 is 0 Å². The Bertz CT molecular complexity index is 211. The van der Waals surface area contributed by atoms with Crippen molar-refractivity contribution in [1.82, 2.24) is 5.32 Å². The standard InChI is InChI=1S/C11H19F2N/c1-10(9-5-3-2-4-6-9)11(12,13)7-8-14-10/h9,14H,2-8H2,1H3. The highest BCUT2D eigenvalue weighted by Gasteiger charge is 2.57. The fourth-order valence-corrected chi connectivity index (χ4v) is 2.99. The average molecular weight is 203 g/mol. The van der Waals surface area contributed by atoms with Gasteiger partial charge in [-0.05, 0) is 25.7 Å². The lowest BCUT2D eigenvalue weighted by atomic mass is 9.73. The minimum Gasteiger partial charge on any atom is -0.306 e. The molecule has 1 saturated carbocycles. The van der Waals surface area contributed by atoms with Crippen molar-refractivity contribution < 1.29 is 8.78 Å². The van der Waals surface area contributed by atoms with Gasteiger partial charge in [-0.1, -0.05) is 19.3 Å². The summed E-state index contributed by atoms with van der Waals surface area (Å²) in [7, 11) is 0. The highest BCUT2D eigenvalue weighted by atomic mass is 19.3. The molecule has 0 radical (unpaired) electrons. The van der Waals surface area contributed by atoms with Gasteiger partial charge in [-0.3, -0.25) is 0 Å². The maximum absolute atomic E-state index is 13.7. The van der Waals surface area contributed by atoms with E-state index in [-0.39, 0.29) is 12.3 Å². The Hall–Kier alpha value is -0.180. The van der Waals surface area contributed by atoms with Gasteiger partial charge in [-0.2, -0.15) is 0 Å². The van der Waals surface area contributed by atoms with Crippen molar-refractivity contribution in [2.45, 2.75) is 56.9 Å². The van der Waals surface area contributed by atoms with Gasteiger partial charge in [0.1, 0.15) is 0 Å². The number of nitrogens with one attached hydrogen (secondary N) is 1. The summed E-state index contributed by atoms with van der Waals surface area (Å²) in [4.78, 5) is 0. The summed E-state index contributed by atoms with van der Waals surface area (Å²) in [6.45, 7) is 2.19. The number of halogens is 2. The maximum atomic E-state index is 13.7. The molecule has 3 heteroatoms. The second-order valence-corrected chi connectivity index (χ2v) is 4.92. The lowest BCUT2D eigenvalue weighted by molar-refractivity contribution is -0.0828. The molecule has 14 heavy (non-hydrogen) atoms. The fraction of sp³-hybridized carbons (Fsp3) is 1.00. The van der Waals surface area contributed by atoms with E-state index < -0.39 is 11.5 Å². The summed E-state index contributed by atoms with van der Waals surface area (Å²) in [5, 5.41) is 3.04. The zero-order valence-electron chi connectivity index (χ0n) is 8.78. The van der Waals surface area contributed by atoms with Gasteiger partial charge in [-0.25, -0.2) is 8.78 Å². The van der Waals surface area contributed by atoms with E-state index in [9.17, 15) is 8.78 Å². The number of hydrogen-bond donors (Lipinski definition) is 1. The van der Waals surface area contributed by atoms with Gasteiger partial charge in [0.25, 0.3) is 5.92 Å². The SMILES string of the molecule is CC1(C2CCCCC2)NCCC1(F)F. The highest BCUT2D eigenvalue weighted by Crippen LogP contribution is 2.46. The zero-order valence-corrected chi connectivity index (χ0v) is 8.78. The molecular formula is C11H19F2N. The van der Waals surface area contributed by atoms with Crippen molar-refractivity contribution in [3.63, 3.8) is 0 Å². The van der Waals surface area contributed by atoms with Crippen molar-refractivity contribution in [3.05, 3.63) is 0 Å². The Kier molecular flexibility index (Phi) is 2.54. The van der Waals surface area contributed by atoms with Gasteiger partial charge in [0.2, 0.25) is 0 Å². The first-order chi connectivity index (χ1) is 6.56. The van der Waals surface area contributed by atoms with E-state index in [0.29, 0.717) is 6.54 Å². The fourth-order valence-electron chi connectivity index (χ4n) is 2.99. The van der Waals surface area contributed by atoms with Crippen LogP contribution in [0.5, 0.6) is 0 Å². The Morgan fingerprint density at radius 1 is 1.14 bits per heavy atom. The lowest BCUT2D eigenvalue weighted by Crippen LogP contribution is -2.55. The van der Waals surface area contributed by atoms with Crippen LogP contribution in [0.25, 0.3) is 0 Å². The van der Waals surface area contributed by atoms with Crippen LogP contribution in [-0.2, 0) is 0 Å². The minimum atomic E-state index is -2.50. The Morgan fingerprint density at radius 2 is 1.79 bits per heavy atom. The molecule has 1 atom stereocenters. The summed E-state index contributed by atoms with van der Waals surface area (Å²) in [6.07, 6.45) is 5.42. The van der Waals surface area contributed by atoms with E-state index in [0.717, 1.165) is 25.7 Å². The predicted molar refractivity (Wildman–Crippen MR) is 52.5 cm³/mol. The molecule has 1 N–H and O–H groups in total. The van der Waals surface area contributed by atoms with Crippen molar-refractivity contribution in [2.75, 3.05) is 6.54 Å². The molecule has 0 aromatic carbocycles. The largest absolute Gasteiger partial charge is 0.306 e. The Balaban J connectivity index is 2.13. The predicted octanol–water partition coefficient (Wildman–Crippen LogP) is 2.95. The molecule has 1 aliphatic carbocycles. The molecule has 2 aliphatic rings. The van der Waals surface area contributed by atoms with Crippen LogP contribution in [0.1, 0.15) is 45.4 Å². The molecule has 1 aliphatic heterocycles. The van der Waals surface area contributed by atoms with Gasteiger partial charge >= 0.3 is 0 Å². The van der Waals surface area contributed by atoms with Crippen molar-refractivity contribution in [1.29, 1.82) is 0 Å². The smallest absolute Gasteiger partial charge is 0.267 e. The first-order valence-corrected chi connectivity index (χ1v) is 5.69. The quantitative estimate of drug-likeness (QED) is 0.691. The second-order valence-electron chi connectivity index (χ2n) is 4.92. The molecule has 1 saturated heterocycles. The van der Waals surface area contributed by atoms with Crippen molar-refractivity contribution in [3.8, 4) is 0 Å². The molecule has 2 rings (SSSR count). The number of hydrogen-bond acceptors (Lipinski definition) is 1. The maximum Gasteiger partial charge on any atom is 0.267 e. The molecule has 82 valence electrons. The second kappa shape index (κ2) is 3.44. The minimum absolute atomic E-state index is 0.0139. The van der Waals surface area contributed by atoms with Gasteiger partial charge in [0.15, 0.2) is 0 Å². The van der Waals surface area contributed by atoms with E-state index in [4.69, 9.17) is 0 Å². The Labute approximate surface area is 84.3 Å². The van der Waals surface area contributed by atoms with Gasteiger partial charge in [0, 0.05) is 13.0 Å². The van der Waals surface area contributed by atoms with E-state index in [1.165, 1.54) is 6.42 Å². The van der Waals surface area contributed by atoms with Gasteiger partial charge in [-0.15, -0.1) is 0 Å². The van der Waals surface area contributed by atoms with Crippen LogP contribution in [0.2, 0.25) is 0 Å². The normalized spacial score (nSPS) is 38.8. The Morgan fingerprint density at radius 3 is 2.29 bits per heavy atom. The van der Waals surface area contributed by atoms with Gasteiger partial charge in [0.05, 0.1) is 5.54 Å². The molecule has 1 unspecified atom stereocenters. The molecular weight excluding hydrogens is 184 g/mol. The molecule has 0 bridgehead atoms.